The van der Waals surface area contributed by atoms with E-state index < -0.39 is 5.97 Å². The average Bonchev–Trinajstić information content (AvgIpc) is 2.56. The quantitative estimate of drug-likeness (QED) is 0.879. The molecule has 2 atom stereocenters. The predicted octanol–water partition coefficient (Wildman–Crippen LogP) is 2.47. The number of aryl methyl sites for hydroxylation is 2. The molecule has 0 aliphatic carbocycles. The molecular weight excluding hydrogens is 236 g/mol. The summed E-state index contributed by atoms with van der Waals surface area (Å²) in [5.74, 6) is -1.10. The Labute approximate surface area is 106 Å². The Balaban J connectivity index is 2.73. The number of aromatic nitrogens is 1. The van der Waals surface area contributed by atoms with E-state index in [0.29, 0.717) is 6.54 Å². The second-order valence-electron chi connectivity index (χ2n) is 4.54. The first kappa shape index (κ1) is 14.1. The number of nitrogens with zero attached hydrogens (tertiary/aromatic N) is 2. The molecule has 1 N–H and O–H groups in total. The van der Waals surface area contributed by atoms with Gasteiger partial charge in [-0.2, -0.15) is 0 Å². The van der Waals surface area contributed by atoms with Crippen molar-refractivity contribution in [2.24, 2.45) is 5.92 Å². The molecule has 96 valence electrons. The molecule has 17 heavy (non-hydrogen) atoms. The van der Waals surface area contributed by atoms with E-state index >= 15 is 0 Å². The molecule has 1 aromatic heterocycles. The van der Waals surface area contributed by atoms with Gasteiger partial charge in [0.05, 0.1) is 16.6 Å². The fourth-order valence-electron chi connectivity index (χ4n) is 1.80. The van der Waals surface area contributed by atoms with E-state index in [0.717, 1.165) is 10.7 Å². The van der Waals surface area contributed by atoms with Crippen molar-refractivity contribution in [2.45, 2.75) is 33.7 Å². The maximum atomic E-state index is 10.8. The summed E-state index contributed by atoms with van der Waals surface area (Å²) in [6.45, 7) is 8.37. The highest BCUT2D eigenvalue weighted by molar-refractivity contribution is 7.11. The largest absolute Gasteiger partial charge is 0.481 e. The molecule has 0 aliphatic heterocycles. The standard InChI is InChI=1S/C12H20N2O2S/c1-7(12(15)16)6-14(5)9(3)11-8(2)13-10(4)17-11/h7,9H,6H2,1-5H3,(H,15,16). The van der Waals surface area contributed by atoms with E-state index in [1.165, 1.54) is 4.88 Å². The summed E-state index contributed by atoms with van der Waals surface area (Å²) < 4.78 is 0. The maximum absolute atomic E-state index is 10.8. The van der Waals surface area contributed by atoms with Gasteiger partial charge in [0, 0.05) is 17.5 Å². The Kier molecular flexibility index (Phi) is 4.65. The topological polar surface area (TPSA) is 53.4 Å². The fourth-order valence-corrected chi connectivity index (χ4v) is 2.85. The highest BCUT2D eigenvalue weighted by Gasteiger charge is 2.21. The van der Waals surface area contributed by atoms with Crippen LogP contribution >= 0.6 is 11.3 Å². The summed E-state index contributed by atoms with van der Waals surface area (Å²) in [6, 6.07) is 0.211. The molecule has 0 aromatic carbocycles. The number of hydrogen-bond donors (Lipinski definition) is 1. The monoisotopic (exact) mass is 256 g/mol. The van der Waals surface area contributed by atoms with Gasteiger partial charge in [-0.25, -0.2) is 4.98 Å². The van der Waals surface area contributed by atoms with Gasteiger partial charge in [-0.05, 0) is 27.8 Å². The van der Waals surface area contributed by atoms with Crippen molar-refractivity contribution in [1.82, 2.24) is 9.88 Å². The van der Waals surface area contributed by atoms with Gasteiger partial charge in [0.2, 0.25) is 0 Å². The maximum Gasteiger partial charge on any atom is 0.307 e. The molecule has 0 saturated heterocycles. The number of carboxylic acids is 1. The van der Waals surface area contributed by atoms with Gasteiger partial charge in [-0.15, -0.1) is 11.3 Å². The van der Waals surface area contributed by atoms with Crippen LogP contribution in [0.5, 0.6) is 0 Å². The lowest BCUT2D eigenvalue weighted by Gasteiger charge is -2.25. The van der Waals surface area contributed by atoms with Crippen LogP contribution in [0.3, 0.4) is 0 Å². The third-order valence-corrected chi connectivity index (χ3v) is 4.21. The van der Waals surface area contributed by atoms with E-state index in [9.17, 15) is 4.79 Å². The van der Waals surface area contributed by atoms with Crippen molar-refractivity contribution in [1.29, 1.82) is 0 Å². The first-order valence-electron chi connectivity index (χ1n) is 5.70. The summed E-state index contributed by atoms with van der Waals surface area (Å²) in [5, 5.41) is 9.96. The Morgan fingerprint density at radius 1 is 1.47 bits per heavy atom. The number of aliphatic carboxylic acids is 1. The number of thiazole rings is 1. The Morgan fingerprint density at radius 2 is 2.06 bits per heavy atom. The molecule has 0 fully saturated rings. The predicted molar refractivity (Wildman–Crippen MR) is 69.4 cm³/mol. The molecule has 0 radical (unpaired) electrons. The normalized spacial score (nSPS) is 14.9. The average molecular weight is 256 g/mol. The molecule has 1 heterocycles. The van der Waals surface area contributed by atoms with E-state index in [1.54, 1.807) is 18.3 Å². The van der Waals surface area contributed by atoms with Gasteiger partial charge < -0.3 is 5.11 Å². The zero-order chi connectivity index (χ0) is 13.2. The first-order valence-corrected chi connectivity index (χ1v) is 6.51. The van der Waals surface area contributed by atoms with Crippen molar-refractivity contribution in [3.63, 3.8) is 0 Å². The summed E-state index contributed by atoms with van der Waals surface area (Å²) in [4.78, 5) is 18.5. The van der Waals surface area contributed by atoms with Gasteiger partial charge in [-0.3, -0.25) is 9.69 Å². The SMILES string of the molecule is Cc1nc(C)c(C(C)N(C)CC(C)C(=O)O)s1. The fraction of sp³-hybridized carbons (Fsp3) is 0.667. The molecular formula is C12H20N2O2S. The third-order valence-electron chi connectivity index (χ3n) is 2.96. The van der Waals surface area contributed by atoms with E-state index in [4.69, 9.17) is 5.11 Å². The second kappa shape index (κ2) is 5.60. The lowest BCUT2D eigenvalue weighted by molar-refractivity contribution is -0.141. The molecule has 0 aliphatic rings. The smallest absolute Gasteiger partial charge is 0.307 e. The molecule has 0 bridgehead atoms. The van der Waals surface area contributed by atoms with Gasteiger partial charge in [-0.1, -0.05) is 6.92 Å². The van der Waals surface area contributed by atoms with Crippen LogP contribution in [-0.2, 0) is 4.79 Å². The molecule has 4 nitrogen and oxygen atoms in total. The number of rotatable bonds is 5. The zero-order valence-corrected chi connectivity index (χ0v) is 11.8. The van der Waals surface area contributed by atoms with Crippen molar-refractivity contribution in [2.75, 3.05) is 13.6 Å². The van der Waals surface area contributed by atoms with Crippen LogP contribution in [0.25, 0.3) is 0 Å². The molecule has 0 saturated carbocycles. The Morgan fingerprint density at radius 3 is 2.47 bits per heavy atom. The van der Waals surface area contributed by atoms with E-state index in [1.807, 2.05) is 20.9 Å². The molecule has 0 amide bonds. The van der Waals surface area contributed by atoms with Crippen LogP contribution in [0.15, 0.2) is 0 Å². The van der Waals surface area contributed by atoms with E-state index in [-0.39, 0.29) is 12.0 Å². The van der Waals surface area contributed by atoms with Gasteiger partial charge in [0.15, 0.2) is 0 Å². The lowest BCUT2D eigenvalue weighted by atomic mass is 10.1. The molecule has 2 unspecified atom stereocenters. The first-order chi connectivity index (χ1) is 7.82. The molecule has 0 spiro atoms. The minimum atomic E-state index is -0.749. The van der Waals surface area contributed by atoms with E-state index in [2.05, 4.69) is 16.8 Å². The van der Waals surface area contributed by atoms with Crippen molar-refractivity contribution < 1.29 is 9.90 Å². The molecule has 5 heteroatoms. The number of hydrogen-bond acceptors (Lipinski definition) is 4. The third kappa shape index (κ3) is 3.51. The summed E-state index contributed by atoms with van der Waals surface area (Å²) in [6.07, 6.45) is 0. The highest BCUT2D eigenvalue weighted by Crippen LogP contribution is 2.28. The van der Waals surface area contributed by atoms with Crippen LogP contribution in [0.2, 0.25) is 0 Å². The Bertz CT molecular complexity index is 403. The summed E-state index contributed by atoms with van der Waals surface area (Å²) in [7, 11) is 1.96. The molecule has 1 aromatic rings. The van der Waals surface area contributed by atoms with Crippen molar-refractivity contribution in [3.05, 3.63) is 15.6 Å². The minimum Gasteiger partial charge on any atom is -0.481 e. The number of carbonyl (C=O) groups is 1. The summed E-state index contributed by atoms with van der Waals surface area (Å²) in [5.41, 5.74) is 1.05. The van der Waals surface area contributed by atoms with Crippen molar-refractivity contribution in [3.8, 4) is 0 Å². The van der Waals surface area contributed by atoms with Gasteiger partial charge in [0.1, 0.15) is 0 Å². The summed E-state index contributed by atoms with van der Waals surface area (Å²) >= 11 is 1.69. The van der Waals surface area contributed by atoms with Crippen molar-refractivity contribution >= 4 is 17.3 Å². The number of carboxylic acid groups (broad SMARTS) is 1. The highest BCUT2D eigenvalue weighted by atomic mass is 32.1. The van der Waals surface area contributed by atoms with Gasteiger partial charge >= 0.3 is 5.97 Å². The lowest BCUT2D eigenvalue weighted by Crippen LogP contribution is -2.30. The Hall–Kier alpha value is -0.940. The second-order valence-corrected chi connectivity index (χ2v) is 5.77. The van der Waals surface area contributed by atoms with Crippen LogP contribution < -0.4 is 0 Å². The zero-order valence-electron chi connectivity index (χ0n) is 11.0. The van der Waals surface area contributed by atoms with Crippen LogP contribution in [0, 0.1) is 19.8 Å². The minimum absolute atomic E-state index is 0.211. The molecule has 1 rings (SSSR count). The van der Waals surface area contributed by atoms with Gasteiger partial charge in [0.25, 0.3) is 0 Å². The van der Waals surface area contributed by atoms with Crippen LogP contribution in [0.1, 0.15) is 35.5 Å². The van der Waals surface area contributed by atoms with Crippen LogP contribution in [-0.4, -0.2) is 34.6 Å². The van der Waals surface area contributed by atoms with Crippen LogP contribution in [0.4, 0.5) is 0 Å².